The summed E-state index contributed by atoms with van der Waals surface area (Å²) in [5.41, 5.74) is 0. The molecule has 0 bridgehead atoms. The largest absolute Gasteiger partial charge is 0.412 e. The van der Waals surface area contributed by atoms with Gasteiger partial charge in [-0.2, -0.15) is 0 Å². The van der Waals surface area contributed by atoms with Gasteiger partial charge in [-0.3, -0.25) is 4.79 Å². The molecule has 0 saturated carbocycles. The van der Waals surface area contributed by atoms with Crippen molar-refractivity contribution in [3.05, 3.63) is 30.3 Å². The fourth-order valence-corrected chi connectivity index (χ4v) is 1.76. The molecule has 1 rings (SSSR count). The summed E-state index contributed by atoms with van der Waals surface area (Å²) in [6.45, 7) is 3.47. The molecule has 1 unspecified atom stereocenters. The molecule has 0 aliphatic rings. The molecule has 6 heteroatoms. The zero-order chi connectivity index (χ0) is 15.3. The number of hydrogen-bond acceptors (Lipinski definition) is 4. The van der Waals surface area contributed by atoms with Crippen molar-refractivity contribution in [2.24, 2.45) is 0 Å². The number of amides is 2. The van der Waals surface area contributed by atoms with Crippen LogP contribution in [0.5, 0.6) is 5.75 Å². The van der Waals surface area contributed by atoms with Crippen molar-refractivity contribution in [3.8, 4) is 5.75 Å². The average Bonchev–Trinajstić information content (AvgIpc) is 2.49. The quantitative estimate of drug-likeness (QED) is 0.509. The maximum atomic E-state index is 11.8. The summed E-state index contributed by atoms with van der Waals surface area (Å²) in [4.78, 5) is 22.0. The molecule has 0 aliphatic heterocycles. The Kier molecular flexibility index (Phi) is 8.63. The van der Waals surface area contributed by atoms with Crippen LogP contribution in [0.15, 0.2) is 30.3 Å². The molecule has 1 aromatic rings. The molecule has 6 nitrogen and oxygen atoms in total. The van der Waals surface area contributed by atoms with Crippen LogP contribution in [0.3, 0.4) is 0 Å². The summed E-state index contributed by atoms with van der Waals surface area (Å²) in [7, 11) is 0. The second-order valence-corrected chi connectivity index (χ2v) is 4.42. The van der Waals surface area contributed by atoms with Crippen LogP contribution in [0.4, 0.5) is 4.79 Å². The fraction of sp³-hybridized carbons (Fsp3) is 0.467. The molecule has 0 fully saturated rings. The van der Waals surface area contributed by atoms with Crippen LogP contribution in [-0.4, -0.2) is 38.3 Å². The minimum absolute atomic E-state index is 0.144. The molecule has 1 aromatic carbocycles. The summed E-state index contributed by atoms with van der Waals surface area (Å²) >= 11 is 0. The Morgan fingerprint density at radius 3 is 2.76 bits per heavy atom. The van der Waals surface area contributed by atoms with Gasteiger partial charge in [0, 0.05) is 13.2 Å². The summed E-state index contributed by atoms with van der Waals surface area (Å²) in [5, 5.41) is 5.36. The highest BCUT2D eigenvalue weighted by atomic mass is 16.6. The van der Waals surface area contributed by atoms with Gasteiger partial charge in [0.1, 0.15) is 5.75 Å². The van der Waals surface area contributed by atoms with E-state index in [2.05, 4.69) is 10.6 Å². The van der Waals surface area contributed by atoms with Gasteiger partial charge in [-0.25, -0.2) is 4.79 Å². The number of carbonyl (C=O) groups is 2. The number of hydrogen-bond donors (Lipinski definition) is 2. The van der Waals surface area contributed by atoms with E-state index in [0.717, 1.165) is 6.42 Å². The van der Waals surface area contributed by atoms with Crippen molar-refractivity contribution in [2.75, 3.05) is 19.8 Å². The second kappa shape index (κ2) is 10.7. The lowest BCUT2D eigenvalue weighted by Gasteiger charge is -2.18. The highest BCUT2D eigenvalue weighted by molar-refractivity contribution is 5.70. The van der Waals surface area contributed by atoms with Crippen LogP contribution in [0.1, 0.15) is 19.8 Å². The van der Waals surface area contributed by atoms with E-state index in [1.807, 2.05) is 13.0 Å². The van der Waals surface area contributed by atoms with E-state index in [9.17, 15) is 9.59 Å². The SMILES string of the molecule is CCOCC(CCCNC=O)NC(=O)Oc1ccccc1. The summed E-state index contributed by atoms with van der Waals surface area (Å²) in [5.74, 6) is 0.493. The third-order valence-electron chi connectivity index (χ3n) is 2.76. The maximum absolute atomic E-state index is 11.8. The standard InChI is InChI=1S/C15H22N2O4/c1-2-20-11-13(7-6-10-16-12-18)17-15(19)21-14-8-4-3-5-9-14/h3-5,8-9,12-13H,2,6-7,10-11H2,1H3,(H,16,18)(H,17,19). The Balaban J connectivity index is 2.38. The van der Waals surface area contributed by atoms with Crippen LogP contribution >= 0.6 is 0 Å². The summed E-state index contributed by atoms with van der Waals surface area (Å²) < 4.78 is 10.5. The van der Waals surface area contributed by atoms with E-state index in [0.29, 0.717) is 38.3 Å². The Hall–Kier alpha value is -2.08. The van der Waals surface area contributed by atoms with Gasteiger partial charge in [-0.1, -0.05) is 18.2 Å². The smallest absolute Gasteiger partial charge is 0.410 e. The molecule has 0 aliphatic carbocycles. The van der Waals surface area contributed by atoms with E-state index in [1.165, 1.54) is 0 Å². The Bertz CT molecular complexity index is 411. The van der Waals surface area contributed by atoms with Crippen LogP contribution in [-0.2, 0) is 9.53 Å². The van der Waals surface area contributed by atoms with E-state index in [4.69, 9.17) is 9.47 Å². The van der Waals surface area contributed by atoms with Gasteiger partial charge in [0.05, 0.1) is 12.6 Å². The van der Waals surface area contributed by atoms with Gasteiger partial charge >= 0.3 is 6.09 Å². The number of benzene rings is 1. The number of nitrogens with one attached hydrogen (secondary N) is 2. The predicted molar refractivity (Wildman–Crippen MR) is 79.2 cm³/mol. The normalized spacial score (nSPS) is 11.5. The van der Waals surface area contributed by atoms with Gasteiger partial charge in [0.15, 0.2) is 0 Å². The zero-order valence-corrected chi connectivity index (χ0v) is 12.2. The minimum Gasteiger partial charge on any atom is -0.410 e. The monoisotopic (exact) mass is 294 g/mol. The van der Waals surface area contributed by atoms with E-state index < -0.39 is 6.09 Å². The molecule has 2 amide bonds. The van der Waals surface area contributed by atoms with E-state index >= 15 is 0 Å². The molecule has 0 spiro atoms. The molecular formula is C15H22N2O4. The summed E-state index contributed by atoms with van der Waals surface area (Å²) in [6.07, 6.45) is 1.61. The van der Waals surface area contributed by atoms with Crippen molar-refractivity contribution >= 4 is 12.5 Å². The molecule has 0 saturated heterocycles. The van der Waals surface area contributed by atoms with Crippen LogP contribution in [0.2, 0.25) is 0 Å². The maximum Gasteiger partial charge on any atom is 0.412 e. The van der Waals surface area contributed by atoms with Gasteiger partial charge < -0.3 is 20.1 Å². The Morgan fingerprint density at radius 1 is 1.33 bits per heavy atom. The molecule has 21 heavy (non-hydrogen) atoms. The number of para-hydroxylation sites is 1. The van der Waals surface area contributed by atoms with E-state index in [1.54, 1.807) is 24.3 Å². The van der Waals surface area contributed by atoms with Gasteiger partial charge in [-0.15, -0.1) is 0 Å². The zero-order valence-electron chi connectivity index (χ0n) is 12.2. The van der Waals surface area contributed by atoms with Crippen molar-refractivity contribution in [3.63, 3.8) is 0 Å². The van der Waals surface area contributed by atoms with E-state index in [-0.39, 0.29) is 6.04 Å². The highest BCUT2D eigenvalue weighted by Crippen LogP contribution is 2.08. The molecular weight excluding hydrogens is 272 g/mol. The molecule has 0 aromatic heterocycles. The number of carbonyl (C=O) groups excluding carboxylic acids is 2. The van der Waals surface area contributed by atoms with Crippen molar-refractivity contribution in [1.29, 1.82) is 0 Å². The average molecular weight is 294 g/mol. The molecule has 0 heterocycles. The molecule has 2 N–H and O–H groups in total. The first kappa shape index (κ1) is 17.0. The first-order valence-electron chi connectivity index (χ1n) is 7.04. The lowest BCUT2D eigenvalue weighted by atomic mass is 10.1. The Labute approximate surface area is 124 Å². The first-order valence-corrected chi connectivity index (χ1v) is 7.04. The lowest BCUT2D eigenvalue weighted by Crippen LogP contribution is -2.40. The van der Waals surface area contributed by atoms with Crippen LogP contribution < -0.4 is 15.4 Å². The lowest BCUT2D eigenvalue weighted by molar-refractivity contribution is -0.109. The fourth-order valence-electron chi connectivity index (χ4n) is 1.76. The third-order valence-corrected chi connectivity index (χ3v) is 2.76. The predicted octanol–water partition coefficient (Wildman–Crippen LogP) is 1.71. The second-order valence-electron chi connectivity index (χ2n) is 4.42. The van der Waals surface area contributed by atoms with Gasteiger partial charge in [0.2, 0.25) is 6.41 Å². The van der Waals surface area contributed by atoms with Crippen LogP contribution in [0.25, 0.3) is 0 Å². The van der Waals surface area contributed by atoms with Crippen LogP contribution in [0, 0.1) is 0 Å². The topological polar surface area (TPSA) is 76.7 Å². The molecule has 116 valence electrons. The van der Waals surface area contributed by atoms with Crippen molar-refractivity contribution < 1.29 is 19.1 Å². The molecule has 0 radical (unpaired) electrons. The third kappa shape index (κ3) is 7.94. The molecule has 1 atom stereocenters. The number of ether oxygens (including phenoxy) is 2. The van der Waals surface area contributed by atoms with Crippen molar-refractivity contribution in [1.82, 2.24) is 10.6 Å². The summed E-state index contributed by atoms with van der Waals surface area (Å²) in [6, 6.07) is 8.73. The van der Waals surface area contributed by atoms with Crippen molar-refractivity contribution in [2.45, 2.75) is 25.8 Å². The minimum atomic E-state index is -0.505. The number of rotatable bonds is 10. The first-order chi connectivity index (χ1) is 10.3. The Morgan fingerprint density at radius 2 is 2.10 bits per heavy atom. The van der Waals surface area contributed by atoms with Gasteiger partial charge in [-0.05, 0) is 31.9 Å². The van der Waals surface area contributed by atoms with Gasteiger partial charge in [0.25, 0.3) is 0 Å². The highest BCUT2D eigenvalue weighted by Gasteiger charge is 2.13.